The average Bonchev–Trinajstić information content (AvgIpc) is 2.94. The molecule has 1 atom stereocenters. The summed E-state index contributed by atoms with van der Waals surface area (Å²) in [6, 6.07) is 13.3. The third-order valence-corrected chi connectivity index (χ3v) is 6.62. The Morgan fingerprint density at radius 3 is 2.56 bits per heavy atom. The number of hydrogen-bond donors (Lipinski definition) is 0. The maximum Gasteiger partial charge on any atom is 0.270 e. The Bertz CT molecular complexity index is 508. The van der Waals surface area contributed by atoms with Crippen LogP contribution in [0.3, 0.4) is 0 Å². The van der Waals surface area contributed by atoms with Crippen molar-refractivity contribution < 1.29 is 9.09 Å². The number of unbranched alkanes of at least 4 members (excludes halogenated alkanes) is 1. The predicted octanol–water partition coefficient (Wildman–Crippen LogP) is 3.79. The fourth-order valence-electron chi connectivity index (χ4n) is 1.66. The Kier molecular flexibility index (Phi) is 4.76. The monoisotopic (exact) mass is 280 g/mol. The second-order valence-electron chi connectivity index (χ2n) is 4.03. The lowest BCUT2D eigenvalue weighted by Crippen LogP contribution is -2.16. The van der Waals surface area contributed by atoms with Crippen molar-refractivity contribution in [3.8, 4) is 0 Å². The fraction of sp³-hybridized carbons (Fsp3) is 0.286. The summed E-state index contributed by atoms with van der Waals surface area (Å²) < 4.78 is 19.7. The lowest BCUT2D eigenvalue weighted by molar-refractivity contribution is 0.319. The molecule has 0 fully saturated rings. The van der Waals surface area contributed by atoms with Crippen molar-refractivity contribution in [3.05, 3.63) is 47.8 Å². The van der Waals surface area contributed by atoms with E-state index in [2.05, 4.69) is 6.92 Å². The van der Waals surface area contributed by atoms with Gasteiger partial charge in [-0.1, -0.05) is 37.6 Å². The molecule has 0 bridgehead atoms. The van der Waals surface area contributed by atoms with Crippen LogP contribution in [0.25, 0.3) is 0 Å². The van der Waals surface area contributed by atoms with Crippen molar-refractivity contribution in [1.82, 2.24) is 0 Å². The smallest absolute Gasteiger partial charge is 0.270 e. The summed E-state index contributed by atoms with van der Waals surface area (Å²) in [5.74, 6) is 0. The molecule has 0 aliphatic carbocycles. The lowest BCUT2D eigenvalue weighted by Gasteiger charge is -2.17. The molecule has 2 rings (SSSR count). The van der Waals surface area contributed by atoms with Crippen molar-refractivity contribution in [1.29, 1.82) is 0 Å². The molecule has 0 saturated carbocycles. The summed E-state index contributed by atoms with van der Waals surface area (Å²) in [7, 11) is -2.89. The van der Waals surface area contributed by atoms with E-state index in [9.17, 15) is 4.57 Å². The van der Waals surface area contributed by atoms with Gasteiger partial charge in [-0.25, -0.2) is 0 Å². The van der Waals surface area contributed by atoms with Crippen molar-refractivity contribution in [2.45, 2.75) is 19.8 Å². The van der Waals surface area contributed by atoms with Crippen LogP contribution in [0.5, 0.6) is 0 Å². The minimum atomic E-state index is -2.89. The molecule has 18 heavy (non-hydrogen) atoms. The van der Waals surface area contributed by atoms with Gasteiger partial charge in [0.2, 0.25) is 0 Å². The highest BCUT2D eigenvalue weighted by Gasteiger charge is 2.29. The number of hydrogen-bond acceptors (Lipinski definition) is 3. The van der Waals surface area contributed by atoms with Gasteiger partial charge in [0, 0.05) is 5.30 Å². The van der Waals surface area contributed by atoms with Crippen LogP contribution in [-0.2, 0) is 9.09 Å². The predicted molar refractivity (Wildman–Crippen MR) is 78.5 cm³/mol. The highest BCUT2D eigenvalue weighted by molar-refractivity contribution is 7.79. The molecular weight excluding hydrogens is 263 g/mol. The minimum Gasteiger partial charge on any atom is -0.322 e. The molecule has 0 amide bonds. The zero-order valence-corrected chi connectivity index (χ0v) is 12.1. The molecule has 0 aliphatic heterocycles. The van der Waals surface area contributed by atoms with E-state index < -0.39 is 7.37 Å². The maximum atomic E-state index is 13.1. The second-order valence-corrected chi connectivity index (χ2v) is 7.63. The molecule has 0 radical (unpaired) electrons. The van der Waals surface area contributed by atoms with Crippen LogP contribution in [0.2, 0.25) is 0 Å². The molecule has 1 unspecified atom stereocenters. The average molecular weight is 280 g/mol. The van der Waals surface area contributed by atoms with Gasteiger partial charge in [0.1, 0.15) is 0 Å². The molecule has 2 aromatic rings. The summed E-state index contributed by atoms with van der Waals surface area (Å²) in [6.45, 7) is 2.64. The van der Waals surface area contributed by atoms with Crippen LogP contribution < -0.4 is 9.92 Å². The van der Waals surface area contributed by atoms with Crippen LogP contribution in [0.1, 0.15) is 19.8 Å². The molecule has 96 valence electrons. The van der Waals surface area contributed by atoms with Crippen LogP contribution in [0, 0.1) is 0 Å². The molecule has 2 nitrogen and oxygen atoms in total. The zero-order valence-electron chi connectivity index (χ0n) is 10.4. The van der Waals surface area contributed by atoms with Gasteiger partial charge in [0.15, 0.2) is 0 Å². The Labute approximate surface area is 112 Å². The Hall–Kier alpha value is -0.890. The normalized spacial score (nSPS) is 14.3. The number of rotatable bonds is 6. The molecule has 0 aliphatic rings. The van der Waals surface area contributed by atoms with Gasteiger partial charge < -0.3 is 4.52 Å². The standard InChI is InChI=1S/C14H17O2PS/c1-2-3-11-16-17(15,14-10-7-12-18-14)13-8-5-4-6-9-13/h4-10,12H,2-3,11H2,1H3. The van der Waals surface area contributed by atoms with Gasteiger partial charge in [0.05, 0.1) is 11.2 Å². The van der Waals surface area contributed by atoms with Gasteiger partial charge in [-0.2, -0.15) is 0 Å². The lowest BCUT2D eigenvalue weighted by atomic mass is 10.4. The van der Waals surface area contributed by atoms with E-state index >= 15 is 0 Å². The van der Waals surface area contributed by atoms with Gasteiger partial charge in [-0.05, 0) is 30.0 Å². The van der Waals surface area contributed by atoms with Gasteiger partial charge in [-0.15, -0.1) is 11.3 Å². The Morgan fingerprint density at radius 1 is 1.17 bits per heavy atom. The van der Waals surface area contributed by atoms with Gasteiger partial charge >= 0.3 is 0 Å². The number of benzene rings is 1. The molecule has 4 heteroatoms. The Balaban J connectivity index is 2.32. The van der Waals surface area contributed by atoms with E-state index in [0.717, 1.165) is 22.8 Å². The first-order valence-electron chi connectivity index (χ1n) is 6.11. The quantitative estimate of drug-likeness (QED) is 0.594. The molecule has 0 N–H and O–H groups in total. The molecule has 0 saturated heterocycles. The molecule has 1 aromatic carbocycles. The van der Waals surface area contributed by atoms with Crippen molar-refractivity contribution in [3.63, 3.8) is 0 Å². The van der Waals surface area contributed by atoms with Crippen LogP contribution in [0.4, 0.5) is 0 Å². The SMILES string of the molecule is CCCCOP(=O)(c1ccccc1)c1cccs1. The maximum absolute atomic E-state index is 13.1. The minimum absolute atomic E-state index is 0.542. The molecular formula is C14H17O2PS. The third-order valence-electron chi connectivity index (χ3n) is 2.66. The van der Waals surface area contributed by atoms with E-state index in [0.29, 0.717) is 6.61 Å². The summed E-state index contributed by atoms with van der Waals surface area (Å²) in [5, 5.41) is 2.72. The van der Waals surface area contributed by atoms with Crippen molar-refractivity contribution in [2.75, 3.05) is 6.61 Å². The summed E-state index contributed by atoms with van der Waals surface area (Å²) in [6.07, 6.45) is 1.97. The van der Waals surface area contributed by atoms with Crippen LogP contribution in [0.15, 0.2) is 47.8 Å². The summed E-state index contributed by atoms with van der Waals surface area (Å²) in [4.78, 5) is 0. The first-order chi connectivity index (χ1) is 8.77. The van der Waals surface area contributed by atoms with E-state index in [1.54, 1.807) is 0 Å². The first-order valence-corrected chi connectivity index (χ1v) is 8.62. The topological polar surface area (TPSA) is 26.3 Å². The first kappa shape index (κ1) is 13.5. The molecule has 0 spiro atoms. The second kappa shape index (κ2) is 6.33. The van der Waals surface area contributed by atoms with E-state index in [1.165, 1.54) is 11.3 Å². The highest BCUT2D eigenvalue weighted by Crippen LogP contribution is 2.46. The fourth-order valence-corrected chi connectivity index (χ4v) is 5.09. The third kappa shape index (κ3) is 2.92. The molecule has 1 aromatic heterocycles. The largest absolute Gasteiger partial charge is 0.322 e. The van der Waals surface area contributed by atoms with E-state index in [-0.39, 0.29) is 0 Å². The van der Waals surface area contributed by atoms with Crippen molar-refractivity contribution in [2.24, 2.45) is 0 Å². The molecule has 1 heterocycles. The van der Waals surface area contributed by atoms with E-state index in [4.69, 9.17) is 4.52 Å². The van der Waals surface area contributed by atoms with Crippen LogP contribution >= 0.6 is 18.7 Å². The summed E-state index contributed by atoms with van der Waals surface area (Å²) in [5.41, 5.74) is 0. The highest BCUT2D eigenvalue weighted by atomic mass is 32.1. The van der Waals surface area contributed by atoms with Crippen LogP contribution in [-0.4, -0.2) is 6.61 Å². The zero-order chi connectivity index (χ0) is 12.8. The van der Waals surface area contributed by atoms with Gasteiger partial charge in [0.25, 0.3) is 7.37 Å². The van der Waals surface area contributed by atoms with Gasteiger partial charge in [-0.3, -0.25) is 4.57 Å². The van der Waals surface area contributed by atoms with E-state index in [1.807, 2.05) is 47.8 Å². The number of thiophene rings is 1. The Morgan fingerprint density at radius 2 is 1.94 bits per heavy atom. The van der Waals surface area contributed by atoms with Crippen molar-refractivity contribution >= 4 is 28.6 Å². The summed E-state index contributed by atoms with van der Waals surface area (Å²) >= 11 is 1.49.